The van der Waals surface area contributed by atoms with Crippen molar-refractivity contribution in [3.8, 4) is 33.4 Å². The Kier molecular flexibility index (Phi) is 8.38. The Morgan fingerprint density at radius 3 is 1.54 bits per heavy atom. The summed E-state index contributed by atoms with van der Waals surface area (Å²) in [5, 5.41) is 9.23. The van der Waals surface area contributed by atoms with Gasteiger partial charge in [0.15, 0.2) is 0 Å². The molecular weight excluding hydrogens is 729 g/mol. The van der Waals surface area contributed by atoms with E-state index in [0.717, 1.165) is 11.4 Å². The van der Waals surface area contributed by atoms with Crippen LogP contribution in [0.1, 0.15) is 10.9 Å². The first-order valence-electron chi connectivity index (χ1n) is 19.4. The normalized spacial score (nSPS) is 13.5. The summed E-state index contributed by atoms with van der Waals surface area (Å²) in [6.07, 6.45) is 0. The molecule has 0 spiro atoms. The third kappa shape index (κ3) is 5.97. The molecule has 1 unspecified atom stereocenters. The summed E-state index contributed by atoms with van der Waals surface area (Å²) in [7, 11) is 0. The van der Waals surface area contributed by atoms with E-state index in [0.29, 0.717) is 0 Å². The molecule has 11 rings (SSSR count). The van der Waals surface area contributed by atoms with Crippen LogP contribution >= 0.6 is 23.1 Å². The molecule has 0 saturated carbocycles. The molecule has 1 aliphatic rings. The molecule has 0 amide bonds. The van der Waals surface area contributed by atoms with Crippen molar-refractivity contribution in [2.24, 2.45) is 0 Å². The van der Waals surface area contributed by atoms with E-state index in [2.05, 4.69) is 216 Å². The highest BCUT2D eigenvalue weighted by Gasteiger charge is 2.31. The van der Waals surface area contributed by atoms with Gasteiger partial charge in [0, 0.05) is 31.7 Å². The number of hydrogen-bond donors (Lipinski definition) is 1. The van der Waals surface area contributed by atoms with Crippen molar-refractivity contribution >= 4 is 76.8 Å². The topological polar surface area (TPSA) is 15.3 Å². The Labute approximate surface area is 340 Å². The highest BCUT2D eigenvalue weighted by molar-refractivity contribution is 8.00. The van der Waals surface area contributed by atoms with Crippen molar-refractivity contribution < 1.29 is 0 Å². The average molecular weight is 765 g/mol. The average Bonchev–Trinajstić information content (AvgIpc) is 3.89. The number of nitrogens with one attached hydrogen (secondary N) is 1. The minimum atomic E-state index is 0.111. The molecule has 57 heavy (non-hydrogen) atoms. The van der Waals surface area contributed by atoms with E-state index in [4.69, 9.17) is 0 Å². The van der Waals surface area contributed by atoms with Crippen molar-refractivity contribution in [3.63, 3.8) is 0 Å². The largest absolute Gasteiger partial charge is 0.367 e. The molecule has 0 saturated heterocycles. The lowest BCUT2D eigenvalue weighted by atomic mass is 9.92. The molecule has 10 aromatic rings. The predicted molar refractivity (Wildman–Crippen MR) is 246 cm³/mol. The molecule has 1 atom stereocenters. The molecule has 1 aliphatic heterocycles. The SMILES string of the molecule is c1ccc(-c2ccc(N(c3ccc(-c4ccc(-c5ccccc5)c5ccccc45)cc3)c3c4c(cc5c3sc3ccccc35)SC(c3ccccc3)N4)cc2)cc1. The number of fused-ring (bicyclic) bond motifs is 5. The van der Waals surface area contributed by atoms with E-state index < -0.39 is 0 Å². The first kappa shape index (κ1) is 33.7. The number of benzene rings is 9. The van der Waals surface area contributed by atoms with E-state index in [9.17, 15) is 0 Å². The van der Waals surface area contributed by atoms with Crippen molar-refractivity contribution in [2.75, 3.05) is 10.2 Å². The molecule has 0 radical (unpaired) electrons. The first-order chi connectivity index (χ1) is 28.3. The molecule has 4 heteroatoms. The van der Waals surface area contributed by atoms with Gasteiger partial charge in [0.1, 0.15) is 5.37 Å². The monoisotopic (exact) mass is 764 g/mol. The Morgan fingerprint density at radius 2 is 0.912 bits per heavy atom. The lowest BCUT2D eigenvalue weighted by molar-refractivity contribution is 1.13. The number of hydrogen-bond acceptors (Lipinski definition) is 4. The zero-order valence-corrected chi connectivity index (χ0v) is 32.6. The van der Waals surface area contributed by atoms with Crippen LogP contribution in [0, 0.1) is 0 Å². The fraction of sp³-hybridized carbons (Fsp3) is 0.0189. The van der Waals surface area contributed by atoms with Gasteiger partial charge in [-0.05, 0) is 86.1 Å². The molecular formula is C53H36N2S2. The van der Waals surface area contributed by atoms with Crippen molar-refractivity contribution in [1.29, 1.82) is 0 Å². The summed E-state index contributed by atoms with van der Waals surface area (Å²) < 4.78 is 2.57. The van der Waals surface area contributed by atoms with Crippen LogP contribution in [0.5, 0.6) is 0 Å². The predicted octanol–water partition coefficient (Wildman–Crippen LogP) is 15.9. The smallest absolute Gasteiger partial charge is 0.103 e. The fourth-order valence-corrected chi connectivity index (χ4v) is 10.8. The van der Waals surface area contributed by atoms with Gasteiger partial charge in [-0.2, -0.15) is 0 Å². The van der Waals surface area contributed by atoms with Crippen molar-refractivity contribution in [1.82, 2.24) is 0 Å². The molecule has 2 heterocycles. The third-order valence-corrected chi connectivity index (χ3v) is 13.5. The second-order valence-corrected chi connectivity index (χ2v) is 16.7. The summed E-state index contributed by atoms with van der Waals surface area (Å²) in [4.78, 5) is 3.74. The minimum Gasteiger partial charge on any atom is -0.367 e. The van der Waals surface area contributed by atoms with Crippen LogP contribution in [0.4, 0.5) is 22.7 Å². The van der Waals surface area contributed by atoms with Crippen LogP contribution in [0.15, 0.2) is 211 Å². The van der Waals surface area contributed by atoms with Crippen molar-refractivity contribution in [3.05, 3.63) is 212 Å². The van der Waals surface area contributed by atoms with E-state index in [1.807, 2.05) is 23.1 Å². The standard InChI is InChI=1S/C53H36N2S2/c1-4-14-35(15-5-1)36-24-28-40(29-25-36)55(41-30-26-38(27-31-41)43-33-32-42(37-16-6-2-7-17-37)44-20-10-11-21-45(43)44)51-50-49(57-53(54-50)39-18-8-3-9-19-39)34-47-46-22-12-13-23-48(46)56-52(47)51/h1-34,53-54H. The van der Waals surface area contributed by atoms with Crippen LogP contribution < -0.4 is 10.2 Å². The van der Waals surface area contributed by atoms with Gasteiger partial charge in [-0.3, -0.25) is 0 Å². The van der Waals surface area contributed by atoms with Crippen LogP contribution in [0.3, 0.4) is 0 Å². The van der Waals surface area contributed by atoms with Gasteiger partial charge in [-0.1, -0.05) is 182 Å². The van der Waals surface area contributed by atoms with Crippen LogP contribution in [-0.4, -0.2) is 0 Å². The molecule has 9 aromatic carbocycles. The number of rotatable bonds is 7. The quantitative estimate of drug-likeness (QED) is 0.174. The van der Waals surface area contributed by atoms with Gasteiger partial charge in [-0.15, -0.1) is 11.3 Å². The van der Waals surface area contributed by atoms with Crippen molar-refractivity contribution in [2.45, 2.75) is 10.3 Å². The minimum absolute atomic E-state index is 0.111. The van der Waals surface area contributed by atoms with Crippen LogP contribution in [0.25, 0.3) is 64.3 Å². The van der Waals surface area contributed by atoms with Gasteiger partial charge >= 0.3 is 0 Å². The summed E-state index contributed by atoms with van der Waals surface area (Å²) in [5.74, 6) is 0. The zero-order chi connectivity index (χ0) is 37.7. The maximum atomic E-state index is 4.02. The molecule has 270 valence electrons. The summed E-state index contributed by atoms with van der Waals surface area (Å²) in [6, 6.07) is 75.0. The molecule has 2 nitrogen and oxygen atoms in total. The van der Waals surface area contributed by atoms with E-state index in [1.54, 1.807) is 0 Å². The van der Waals surface area contributed by atoms with Gasteiger partial charge in [0.2, 0.25) is 0 Å². The number of nitrogens with zero attached hydrogens (tertiary/aromatic N) is 1. The van der Waals surface area contributed by atoms with E-state index in [1.165, 1.54) is 86.2 Å². The second kappa shape index (κ2) is 14.2. The van der Waals surface area contributed by atoms with Crippen LogP contribution in [-0.2, 0) is 0 Å². The maximum absolute atomic E-state index is 4.02. The molecule has 1 N–H and O–H groups in total. The van der Waals surface area contributed by atoms with Gasteiger partial charge in [0.25, 0.3) is 0 Å². The van der Waals surface area contributed by atoms with Gasteiger partial charge in [0.05, 0.1) is 16.1 Å². The Balaban J connectivity index is 1.09. The Bertz CT molecular complexity index is 3050. The number of thiophene rings is 1. The summed E-state index contributed by atoms with van der Waals surface area (Å²) >= 11 is 3.78. The third-order valence-electron chi connectivity index (χ3n) is 11.1. The molecule has 0 fully saturated rings. The number of thioether (sulfide) groups is 1. The lowest BCUT2D eigenvalue weighted by Crippen LogP contribution is -2.13. The van der Waals surface area contributed by atoms with Crippen LogP contribution in [0.2, 0.25) is 0 Å². The summed E-state index contributed by atoms with van der Waals surface area (Å²) in [6.45, 7) is 0. The molecule has 0 bridgehead atoms. The van der Waals surface area contributed by atoms with Gasteiger partial charge in [-0.25, -0.2) is 0 Å². The Morgan fingerprint density at radius 1 is 0.421 bits per heavy atom. The maximum Gasteiger partial charge on any atom is 0.103 e. The number of anilines is 4. The lowest BCUT2D eigenvalue weighted by Gasteiger charge is -2.29. The fourth-order valence-electron chi connectivity index (χ4n) is 8.38. The van der Waals surface area contributed by atoms with E-state index in [-0.39, 0.29) is 5.37 Å². The molecule has 0 aliphatic carbocycles. The van der Waals surface area contributed by atoms with E-state index >= 15 is 0 Å². The first-order valence-corrected chi connectivity index (χ1v) is 21.1. The molecule has 1 aromatic heterocycles. The second-order valence-electron chi connectivity index (χ2n) is 14.5. The zero-order valence-electron chi connectivity index (χ0n) is 31.0. The Hall–Kier alpha value is -6.59. The highest BCUT2D eigenvalue weighted by atomic mass is 32.2. The van der Waals surface area contributed by atoms with Gasteiger partial charge < -0.3 is 10.2 Å². The highest BCUT2D eigenvalue weighted by Crippen LogP contribution is 2.58. The summed E-state index contributed by atoms with van der Waals surface area (Å²) in [5.41, 5.74) is 13.2.